The number of nitrogens with one attached hydrogen (secondary N) is 3. The lowest BCUT2D eigenvalue weighted by Gasteiger charge is -2.30. The third-order valence-electron chi connectivity index (χ3n) is 6.57. The molecule has 0 aliphatic heterocycles. The maximum atomic E-state index is 12.2. The van der Waals surface area contributed by atoms with Crippen molar-refractivity contribution in [3.63, 3.8) is 0 Å². The molecule has 1 amide bonds. The van der Waals surface area contributed by atoms with Gasteiger partial charge < -0.3 is 31.1 Å². The highest BCUT2D eigenvalue weighted by molar-refractivity contribution is 5.90. The smallest absolute Gasteiger partial charge is 0.220 e. The average Bonchev–Trinajstić information content (AvgIpc) is 2.85. The molecule has 11 nitrogen and oxygen atoms in total. The third kappa shape index (κ3) is 16.4. The summed E-state index contributed by atoms with van der Waals surface area (Å²) in [4.78, 5) is 26.5. The second kappa shape index (κ2) is 19.1. The Labute approximate surface area is 223 Å². The van der Waals surface area contributed by atoms with E-state index in [1.54, 1.807) is 13.8 Å². The Morgan fingerprint density at radius 2 is 1.32 bits per heavy atom. The van der Waals surface area contributed by atoms with Gasteiger partial charge in [0.05, 0.1) is 22.5 Å². The van der Waals surface area contributed by atoms with Gasteiger partial charge in [-0.05, 0) is 54.4 Å². The summed E-state index contributed by atoms with van der Waals surface area (Å²) >= 11 is 0. The minimum atomic E-state index is -0.446. The van der Waals surface area contributed by atoms with E-state index in [0.29, 0.717) is 76.7 Å². The Morgan fingerprint density at radius 1 is 0.811 bits per heavy atom. The fourth-order valence-electron chi connectivity index (χ4n) is 3.33. The molecule has 0 heterocycles. The van der Waals surface area contributed by atoms with Crippen molar-refractivity contribution in [1.82, 2.24) is 20.9 Å². The van der Waals surface area contributed by atoms with E-state index in [4.69, 9.17) is 15.2 Å². The van der Waals surface area contributed by atoms with Gasteiger partial charge in [0.25, 0.3) is 0 Å². The number of carbonyl (C=O) groups excluding carboxylic acids is 2. The highest BCUT2D eigenvalue weighted by Gasteiger charge is 2.23. The second-order valence-electron chi connectivity index (χ2n) is 10.4. The lowest BCUT2D eigenvalue weighted by molar-refractivity contribution is -0.125. The van der Waals surface area contributed by atoms with Gasteiger partial charge in [-0.3, -0.25) is 14.5 Å². The van der Waals surface area contributed by atoms with Gasteiger partial charge in [-0.15, -0.1) is 0 Å². The summed E-state index contributed by atoms with van der Waals surface area (Å²) in [5.41, 5.74) is 0.296. The van der Waals surface area contributed by atoms with Gasteiger partial charge >= 0.3 is 0 Å². The van der Waals surface area contributed by atoms with Crippen molar-refractivity contribution in [3.8, 4) is 0 Å². The van der Waals surface area contributed by atoms with Crippen LogP contribution in [0.3, 0.4) is 0 Å². The predicted octanol–water partition coefficient (Wildman–Crippen LogP) is 2.40. The Bertz CT molecular complexity index is 688. The van der Waals surface area contributed by atoms with E-state index in [9.17, 15) is 9.59 Å². The summed E-state index contributed by atoms with van der Waals surface area (Å²) in [6, 6.07) is 0. The summed E-state index contributed by atoms with van der Waals surface area (Å²) in [5.74, 6) is -0.0405. The molecule has 0 rings (SSSR count). The van der Waals surface area contributed by atoms with Crippen molar-refractivity contribution < 1.29 is 24.7 Å². The van der Waals surface area contributed by atoms with E-state index in [2.05, 4.69) is 31.2 Å². The fourth-order valence-corrected chi connectivity index (χ4v) is 3.33. The molecular formula is C26H52N6O5. The molecule has 0 aromatic carbocycles. The van der Waals surface area contributed by atoms with Gasteiger partial charge in [0.2, 0.25) is 5.91 Å². The molecule has 0 aliphatic rings. The molecule has 0 atom stereocenters. The second-order valence-corrected chi connectivity index (χ2v) is 10.4. The highest BCUT2D eigenvalue weighted by Crippen LogP contribution is 2.06. The van der Waals surface area contributed by atoms with Gasteiger partial charge in [0.1, 0.15) is 5.78 Å². The van der Waals surface area contributed by atoms with Crippen molar-refractivity contribution in [2.45, 2.75) is 91.6 Å². The molecule has 5 N–H and O–H groups in total. The van der Waals surface area contributed by atoms with Gasteiger partial charge in [0, 0.05) is 71.7 Å². The average molecular weight is 529 g/mol. The zero-order valence-electron chi connectivity index (χ0n) is 24.2. The first-order valence-electron chi connectivity index (χ1n) is 13.4. The zero-order valence-corrected chi connectivity index (χ0v) is 24.2. The molecule has 0 spiro atoms. The number of amides is 1. The summed E-state index contributed by atoms with van der Waals surface area (Å²) in [7, 11) is 0. The monoisotopic (exact) mass is 528 g/mol. The number of carbonyl (C=O) groups is 2. The molecule has 0 aromatic heterocycles. The predicted molar refractivity (Wildman–Crippen MR) is 148 cm³/mol. The Morgan fingerprint density at radius 3 is 1.81 bits per heavy atom. The third-order valence-corrected chi connectivity index (χ3v) is 6.57. The standard InChI is InChI=1S/C26H52N6O5/c1-8-19-37-20-9-10-23(33)11-12-24(34)27-13-16-32(17-14-28-25(4,5)21(2)30-35)18-15-29-26(6,7)22(3)31-36/h28-29,35-36H,8-20H2,1-7H3,(H,27,34)/b30-21-,31-22-. The minimum Gasteiger partial charge on any atom is -0.411 e. The molecule has 37 heavy (non-hydrogen) atoms. The number of ketones is 1. The fraction of sp³-hybridized carbons (Fsp3) is 0.846. The first-order chi connectivity index (χ1) is 17.4. The summed E-state index contributed by atoms with van der Waals surface area (Å²) in [6.45, 7) is 18.5. The number of hydrogen-bond acceptors (Lipinski definition) is 10. The van der Waals surface area contributed by atoms with E-state index in [1.165, 1.54) is 0 Å². The van der Waals surface area contributed by atoms with E-state index >= 15 is 0 Å². The quantitative estimate of drug-likeness (QED) is 0.0623. The molecule has 11 heteroatoms. The maximum Gasteiger partial charge on any atom is 0.220 e. The first kappa shape index (κ1) is 34.9. The van der Waals surface area contributed by atoms with Crippen LogP contribution in [0.2, 0.25) is 0 Å². The van der Waals surface area contributed by atoms with Crippen LogP contribution in [0.15, 0.2) is 10.3 Å². The molecule has 0 aliphatic carbocycles. The molecule has 0 radical (unpaired) electrons. The Balaban J connectivity index is 4.62. The van der Waals surface area contributed by atoms with Gasteiger partial charge in [-0.2, -0.15) is 0 Å². The maximum absolute atomic E-state index is 12.2. The molecule has 0 unspecified atom stereocenters. The van der Waals surface area contributed by atoms with Gasteiger partial charge in [-0.25, -0.2) is 0 Å². The van der Waals surface area contributed by atoms with Crippen LogP contribution in [0.5, 0.6) is 0 Å². The molecule has 0 saturated heterocycles. The largest absolute Gasteiger partial charge is 0.411 e. The highest BCUT2D eigenvalue weighted by atomic mass is 16.5. The SMILES string of the molecule is CCCOCCCC(=O)CCC(=O)NCCN(CCNC(C)(C)/C(C)=N\O)CCNC(C)(C)/C(C)=N\O. The summed E-state index contributed by atoms with van der Waals surface area (Å²) in [5, 5.41) is 34.5. The summed E-state index contributed by atoms with van der Waals surface area (Å²) < 4.78 is 5.38. The van der Waals surface area contributed by atoms with Gasteiger partial charge in [-0.1, -0.05) is 17.2 Å². The topological polar surface area (TPSA) is 148 Å². The number of rotatable bonds is 22. The van der Waals surface area contributed by atoms with E-state index < -0.39 is 11.1 Å². The van der Waals surface area contributed by atoms with Crippen LogP contribution >= 0.6 is 0 Å². The Kier molecular flexibility index (Phi) is 18.0. The number of hydrogen-bond donors (Lipinski definition) is 5. The van der Waals surface area contributed by atoms with E-state index in [0.717, 1.165) is 6.42 Å². The van der Waals surface area contributed by atoms with Crippen molar-refractivity contribution in [1.29, 1.82) is 0 Å². The molecular weight excluding hydrogens is 476 g/mol. The van der Waals surface area contributed by atoms with E-state index in [1.807, 2.05) is 34.6 Å². The van der Waals surface area contributed by atoms with Crippen LogP contribution in [0.1, 0.15) is 80.6 Å². The van der Waals surface area contributed by atoms with Crippen molar-refractivity contribution in [2.75, 3.05) is 52.5 Å². The van der Waals surface area contributed by atoms with Crippen molar-refractivity contribution in [3.05, 3.63) is 0 Å². The first-order valence-corrected chi connectivity index (χ1v) is 13.4. The normalized spacial score (nSPS) is 13.3. The molecule has 0 bridgehead atoms. The van der Waals surface area contributed by atoms with Gasteiger partial charge in [0.15, 0.2) is 0 Å². The van der Waals surface area contributed by atoms with E-state index in [-0.39, 0.29) is 24.5 Å². The lowest BCUT2D eigenvalue weighted by Crippen LogP contribution is -2.51. The number of ether oxygens (including phenoxy) is 1. The summed E-state index contributed by atoms with van der Waals surface area (Å²) in [6.07, 6.45) is 2.54. The molecule has 0 aromatic rings. The lowest BCUT2D eigenvalue weighted by atomic mass is 9.99. The molecule has 216 valence electrons. The van der Waals surface area contributed by atoms with Crippen molar-refractivity contribution in [2.24, 2.45) is 10.3 Å². The van der Waals surface area contributed by atoms with Crippen LogP contribution in [0, 0.1) is 0 Å². The minimum absolute atomic E-state index is 0.0858. The zero-order chi connectivity index (χ0) is 28.3. The van der Waals surface area contributed by atoms with Crippen molar-refractivity contribution >= 4 is 23.1 Å². The van der Waals surface area contributed by atoms with Crippen LogP contribution in [0.4, 0.5) is 0 Å². The van der Waals surface area contributed by atoms with Crippen LogP contribution in [0.25, 0.3) is 0 Å². The molecule has 0 fully saturated rings. The number of nitrogens with zero attached hydrogens (tertiary/aromatic N) is 3. The molecule has 0 saturated carbocycles. The Hall–Kier alpha value is -2.08. The van der Waals surface area contributed by atoms with Crippen LogP contribution in [-0.4, -0.2) is 102 Å². The van der Waals surface area contributed by atoms with Crippen LogP contribution < -0.4 is 16.0 Å². The number of oxime groups is 2. The number of Topliss-reactive ketones (excluding diaryl/α,β-unsaturated/α-hetero) is 1. The van der Waals surface area contributed by atoms with Crippen LogP contribution in [-0.2, 0) is 14.3 Å².